The number of piperazine rings is 1. The van der Waals surface area contributed by atoms with E-state index in [0.717, 1.165) is 41.1 Å². The van der Waals surface area contributed by atoms with E-state index in [1.807, 2.05) is 36.3 Å². The van der Waals surface area contributed by atoms with Crippen LogP contribution in [0, 0.1) is 5.92 Å². The van der Waals surface area contributed by atoms with Gasteiger partial charge >= 0.3 is 0 Å². The van der Waals surface area contributed by atoms with Crippen LogP contribution in [0.2, 0.25) is 0 Å². The number of nitrogens with one attached hydrogen (secondary N) is 1. The fourth-order valence-electron chi connectivity index (χ4n) is 3.30. The Bertz CT molecular complexity index is 890. The van der Waals surface area contributed by atoms with Crippen LogP contribution in [0.3, 0.4) is 0 Å². The summed E-state index contributed by atoms with van der Waals surface area (Å²) in [4.78, 5) is 22.0. The maximum Gasteiger partial charge on any atom is 0.246 e. The summed E-state index contributed by atoms with van der Waals surface area (Å²) in [6, 6.07) is 8.07. The van der Waals surface area contributed by atoms with Gasteiger partial charge in [-0.3, -0.25) is 14.5 Å². The normalized spacial score (nSPS) is 15.5. The first-order chi connectivity index (χ1) is 14.5. The average Bonchev–Trinajstić information content (AvgIpc) is 3.18. The van der Waals surface area contributed by atoms with Gasteiger partial charge in [-0.25, -0.2) is 0 Å². The Morgan fingerprint density at radius 1 is 1.35 bits per heavy atom. The third-order valence-corrected chi connectivity index (χ3v) is 6.32. The summed E-state index contributed by atoms with van der Waals surface area (Å²) in [5.41, 5.74) is 0.840. The Morgan fingerprint density at radius 3 is 2.77 bits per heavy atom. The molecule has 0 aliphatic carbocycles. The SMILES string of the molecule is CN=C(NCC(C)CSc1ccccc1OC)N1CCN(c2cnn(C)c2)C(=O)C1.I. The second-order valence-electron chi connectivity index (χ2n) is 7.33. The molecule has 1 N–H and O–H groups in total. The quantitative estimate of drug-likeness (QED) is 0.244. The number of nitrogens with zero attached hydrogens (tertiary/aromatic N) is 5. The highest BCUT2D eigenvalue weighted by molar-refractivity contribution is 14.0. The number of hydrogen-bond donors (Lipinski definition) is 1. The van der Waals surface area contributed by atoms with E-state index >= 15 is 0 Å². The van der Waals surface area contributed by atoms with E-state index in [1.54, 1.807) is 41.7 Å². The number of aryl methyl sites for hydroxylation is 1. The van der Waals surface area contributed by atoms with E-state index in [9.17, 15) is 4.79 Å². The van der Waals surface area contributed by atoms with Gasteiger partial charge in [0.25, 0.3) is 0 Å². The van der Waals surface area contributed by atoms with Gasteiger partial charge in [0.05, 0.1) is 19.0 Å². The largest absolute Gasteiger partial charge is 0.496 e. The summed E-state index contributed by atoms with van der Waals surface area (Å²) in [7, 11) is 5.31. The second kappa shape index (κ2) is 12.2. The minimum atomic E-state index is 0. The molecule has 3 rings (SSSR count). The summed E-state index contributed by atoms with van der Waals surface area (Å²) in [5, 5.41) is 7.59. The molecular formula is C21H31IN6O2S. The van der Waals surface area contributed by atoms with E-state index in [0.29, 0.717) is 19.0 Å². The van der Waals surface area contributed by atoms with Gasteiger partial charge < -0.3 is 19.9 Å². The fraction of sp³-hybridized carbons (Fsp3) is 0.476. The predicted octanol–water partition coefficient (Wildman–Crippen LogP) is 2.70. The number of thioether (sulfide) groups is 1. The van der Waals surface area contributed by atoms with Crippen molar-refractivity contribution >= 4 is 53.3 Å². The molecule has 1 aliphatic rings. The van der Waals surface area contributed by atoms with Crippen molar-refractivity contribution in [2.24, 2.45) is 18.0 Å². The van der Waals surface area contributed by atoms with Crippen molar-refractivity contribution in [1.29, 1.82) is 0 Å². The van der Waals surface area contributed by atoms with Gasteiger partial charge in [-0.05, 0) is 18.1 Å². The average molecular weight is 558 g/mol. The molecular weight excluding hydrogens is 527 g/mol. The zero-order valence-corrected chi connectivity index (χ0v) is 21.6. The molecule has 0 bridgehead atoms. The van der Waals surface area contributed by atoms with Crippen molar-refractivity contribution in [2.45, 2.75) is 11.8 Å². The van der Waals surface area contributed by atoms with Gasteiger partial charge in [0.15, 0.2) is 5.96 Å². The maximum absolute atomic E-state index is 12.6. The molecule has 1 unspecified atom stereocenters. The van der Waals surface area contributed by atoms with Gasteiger partial charge in [0, 0.05) is 50.6 Å². The number of rotatable bonds is 7. The molecule has 1 fully saturated rings. The molecule has 1 aromatic carbocycles. The number of ether oxygens (including phenoxy) is 1. The molecule has 0 radical (unpaired) electrons. The Labute approximate surface area is 205 Å². The number of benzene rings is 1. The summed E-state index contributed by atoms with van der Waals surface area (Å²) in [5.74, 6) is 3.10. The van der Waals surface area contributed by atoms with Crippen molar-refractivity contribution in [3.8, 4) is 5.75 Å². The lowest BCUT2D eigenvalue weighted by Gasteiger charge is -2.35. The van der Waals surface area contributed by atoms with Crippen LogP contribution in [0.15, 0.2) is 46.5 Å². The number of methoxy groups -OCH3 is 1. The predicted molar refractivity (Wildman–Crippen MR) is 137 cm³/mol. The molecule has 2 aromatic rings. The van der Waals surface area contributed by atoms with Crippen molar-refractivity contribution in [2.75, 3.05) is 51.0 Å². The Kier molecular flexibility index (Phi) is 9.94. The highest BCUT2D eigenvalue weighted by Crippen LogP contribution is 2.29. The van der Waals surface area contributed by atoms with E-state index < -0.39 is 0 Å². The van der Waals surface area contributed by atoms with Crippen molar-refractivity contribution in [3.05, 3.63) is 36.7 Å². The molecule has 10 heteroatoms. The second-order valence-corrected chi connectivity index (χ2v) is 8.40. The smallest absolute Gasteiger partial charge is 0.246 e. The number of carbonyl (C=O) groups is 1. The molecule has 0 saturated carbocycles. The van der Waals surface area contributed by atoms with Crippen molar-refractivity contribution in [3.63, 3.8) is 0 Å². The number of hydrogen-bond acceptors (Lipinski definition) is 5. The van der Waals surface area contributed by atoms with E-state index in [-0.39, 0.29) is 29.9 Å². The molecule has 8 nitrogen and oxygen atoms in total. The molecule has 1 aromatic heterocycles. The Morgan fingerprint density at radius 2 is 2.13 bits per heavy atom. The first-order valence-electron chi connectivity index (χ1n) is 10.0. The lowest BCUT2D eigenvalue weighted by molar-refractivity contribution is -0.120. The van der Waals surface area contributed by atoms with Crippen LogP contribution in [0.1, 0.15) is 6.92 Å². The van der Waals surface area contributed by atoms with Crippen molar-refractivity contribution < 1.29 is 9.53 Å². The van der Waals surface area contributed by atoms with Crippen LogP contribution >= 0.6 is 35.7 Å². The minimum absolute atomic E-state index is 0. The first-order valence-corrected chi connectivity index (χ1v) is 11.0. The molecule has 1 amide bonds. The van der Waals surface area contributed by atoms with E-state index in [4.69, 9.17) is 4.74 Å². The van der Waals surface area contributed by atoms with Crippen LogP contribution < -0.4 is 15.0 Å². The molecule has 31 heavy (non-hydrogen) atoms. The van der Waals surface area contributed by atoms with Gasteiger partial charge in [-0.15, -0.1) is 35.7 Å². The van der Waals surface area contributed by atoms with E-state index in [2.05, 4.69) is 28.4 Å². The molecule has 0 spiro atoms. The number of carbonyl (C=O) groups excluding carboxylic acids is 1. The highest BCUT2D eigenvalue weighted by Gasteiger charge is 2.27. The van der Waals surface area contributed by atoms with E-state index in [1.165, 1.54) is 0 Å². The van der Waals surface area contributed by atoms with Crippen LogP contribution in [-0.2, 0) is 11.8 Å². The third-order valence-electron chi connectivity index (χ3n) is 4.94. The molecule has 1 saturated heterocycles. The Balaban J connectivity index is 0.00000341. The van der Waals surface area contributed by atoms with Gasteiger partial charge in [0.1, 0.15) is 12.3 Å². The number of para-hydroxylation sites is 1. The van der Waals surface area contributed by atoms with Gasteiger partial charge in [-0.2, -0.15) is 5.10 Å². The zero-order valence-electron chi connectivity index (χ0n) is 18.4. The fourth-order valence-corrected chi connectivity index (χ4v) is 4.35. The number of halogens is 1. The lowest BCUT2D eigenvalue weighted by Crippen LogP contribution is -2.55. The summed E-state index contributed by atoms with van der Waals surface area (Å²) in [6.07, 6.45) is 3.59. The lowest BCUT2D eigenvalue weighted by atomic mass is 10.2. The Hall–Kier alpha value is -1.95. The van der Waals surface area contributed by atoms with Crippen LogP contribution in [0.25, 0.3) is 0 Å². The maximum atomic E-state index is 12.6. The third kappa shape index (κ3) is 6.76. The van der Waals surface area contributed by atoms with Crippen molar-refractivity contribution in [1.82, 2.24) is 20.0 Å². The molecule has 1 atom stereocenters. The minimum Gasteiger partial charge on any atom is -0.496 e. The summed E-state index contributed by atoms with van der Waals surface area (Å²) < 4.78 is 7.13. The number of amides is 1. The van der Waals surface area contributed by atoms with Crippen LogP contribution in [0.4, 0.5) is 5.69 Å². The van der Waals surface area contributed by atoms with Crippen LogP contribution in [-0.4, -0.2) is 72.6 Å². The topological polar surface area (TPSA) is 75.0 Å². The zero-order chi connectivity index (χ0) is 21.5. The summed E-state index contributed by atoms with van der Waals surface area (Å²) >= 11 is 1.79. The van der Waals surface area contributed by atoms with Crippen LogP contribution in [0.5, 0.6) is 5.75 Å². The number of guanidine groups is 1. The molecule has 170 valence electrons. The monoisotopic (exact) mass is 558 g/mol. The molecule has 1 aliphatic heterocycles. The van der Waals surface area contributed by atoms with Gasteiger partial charge in [0.2, 0.25) is 5.91 Å². The number of aromatic nitrogens is 2. The van der Waals surface area contributed by atoms with Gasteiger partial charge in [-0.1, -0.05) is 19.1 Å². The number of aliphatic imine (C=N–C) groups is 1. The first kappa shape index (κ1) is 25.3. The number of anilines is 1. The molecule has 2 heterocycles. The summed E-state index contributed by atoms with van der Waals surface area (Å²) in [6.45, 7) is 4.63. The standard InChI is InChI=1S/C21H30N6O2S.HI/c1-16(15-30-19-8-6-5-7-18(19)29-4)11-23-21(22-2)26-9-10-27(20(28)14-26)17-12-24-25(3)13-17;/h5-8,12-13,16H,9-11,14-15H2,1-4H3,(H,22,23);1H. The highest BCUT2D eigenvalue weighted by atomic mass is 127.